The number of nitrogens with zero attached hydrogens (tertiary/aromatic N) is 1. The molecule has 1 aliphatic rings. The third-order valence-corrected chi connectivity index (χ3v) is 5.75. The first kappa shape index (κ1) is 22.9. The molecule has 8 nitrogen and oxygen atoms in total. The quantitative estimate of drug-likeness (QED) is 0.359. The average Bonchev–Trinajstić information content (AvgIpc) is 2.72. The molecule has 166 valence electrons. The van der Waals surface area contributed by atoms with E-state index >= 15 is 0 Å². The van der Waals surface area contributed by atoms with Crippen LogP contribution in [0.1, 0.15) is 34.3 Å². The number of halogens is 2. The van der Waals surface area contributed by atoms with Crippen LogP contribution < -0.4 is 4.74 Å². The zero-order valence-corrected chi connectivity index (χ0v) is 17.6. The van der Waals surface area contributed by atoms with Gasteiger partial charge in [0.05, 0.1) is 10.3 Å². The summed E-state index contributed by atoms with van der Waals surface area (Å²) in [4.78, 5) is 21.6. The smallest absolute Gasteiger partial charge is 0.339 e. The molecule has 2 aromatic carbocycles. The summed E-state index contributed by atoms with van der Waals surface area (Å²) in [6, 6.07) is 6.80. The molecule has 0 radical (unpaired) electrons. The van der Waals surface area contributed by atoms with Gasteiger partial charge in [-0.05, 0) is 42.5 Å². The van der Waals surface area contributed by atoms with Gasteiger partial charge in [-0.2, -0.15) is 4.39 Å². The standard InChI is InChI=1S/C21H21ClFNO7/c1-29-20(30-2)21(7-3-4-12-8-13(22)5-6-15(12)21)11-31-18-10-16(23)17(24(27)28)9-14(18)19(25)26/h5-6,8-10,20H,3-4,7,11H2,1-2H3,(H,25,26). The fourth-order valence-corrected chi connectivity index (χ4v) is 4.37. The SMILES string of the molecule is COC(OC)C1(COc2cc(F)c([N+](=O)[O-])cc2C(=O)O)CCCc2cc(Cl)ccc21. The van der Waals surface area contributed by atoms with Crippen LogP contribution >= 0.6 is 11.6 Å². The Balaban J connectivity index is 2.06. The van der Waals surface area contributed by atoms with Gasteiger partial charge in [0.15, 0.2) is 6.29 Å². The number of methoxy groups -OCH3 is 2. The van der Waals surface area contributed by atoms with Crippen LogP contribution in [-0.4, -0.2) is 43.1 Å². The number of hydrogen-bond acceptors (Lipinski definition) is 6. The Kier molecular flexibility index (Phi) is 6.78. The number of nitro benzene ring substituents is 1. The molecule has 2 aromatic rings. The van der Waals surface area contributed by atoms with E-state index in [1.165, 1.54) is 14.2 Å². The van der Waals surface area contributed by atoms with Crippen molar-refractivity contribution in [2.45, 2.75) is 31.0 Å². The summed E-state index contributed by atoms with van der Waals surface area (Å²) in [5, 5.41) is 21.0. The summed E-state index contributed by atoms with van der Waals surface area (Å²) < 4.78 is 31.1. The highest BCUT2D eigenvalue weighted by Gasteiger charge is 2.45. The highest BCUT2D eigenvalue weighted by atomic mass is 35.5. The monoisotopic (exact) mass is 453 g/mol. The second-order valence-electron chi connectivity index (χ2n) is 7.27. The highest BCUT2D eigenvalue weighted by molar-refractivity contribution is 6.30. The molecule has 0 heterocycles. The van der Waals surface area contributed by atoms with Crippen molar-refractivity contribution in [1.82, 2.24) is 0 Å². The number of benzene rings is 2. The molecule has 0 spiro atoms. The lowest BCUT2D eigenvalue weighted by Gasteiger charge is -2.43. The molecule has 1 unspecified atom stereocenters. The van der Waals surface area contributed by atoms with Crippen molar-refractivity contribution in [3.05, 3.63) is 68.0 Å². The van der Waals surface area contributed by atoms with Gasteiger partial charge >= 0.3 is 11.7 Å². The van der Waals surface area contributed by atoms with E-state index in [-0.39, 0.29) is 12.4 Å². The van der Waals surface area contributed by atoms with Crippen LogP contribution in [-0.2, 0) is 21.3 Å². The van der Waals surface area contributed by atoms with Crippen molar-refractivity contribution < 1.29 is 33.4 Å². The number of carboxylic acids is 1. The first-order valence-electron chi connectivity index (χ1n) is 9.42. The molecule has 0 aliphatic heterocycles. The fraction of sp³-hybridized carbons (Fsp3) is 0.381. The molecule has 0 aromatic heterocycles. The first-order chi connectivity index (χ1) is 14.7. The van der Waals surface area contributed by atoms with E-state index in [1.54, 1.807) is 6.07 Å². The molecule has 1 atom stereocenters. The van der Waals surface area contributed by atoms with E-state index in [4.69, 9.17) is 25.8 Å². The fourth-order valence-electron chi connectivity index (χ4n) is 4.17. The summed E-state index contributed by atoms with van der Waals surface area (Å²) in [5.74, 6) is -2.98. The summed E-state index contributed by atoms with van der Waals surface area (Å²) >= 11 is 6.15. The van der Waals surface area contributed by atoms with E-state index in [2.05, 4.69) is 0 Å². The number of ether oxygens (including phenoxy) is 3. The number of hydrogen-bond donors (Lipinski definition) is 1. The van der Waals surface area contributed by atoms with E-state index < -0.39 is 39.7 Å². The summed E-state index contributed by atoms with van der Waals surface area (Å²) in [6.07, 6.45) is 1.39. The topological polar surface area (TPSA) is 108 Å². The van der Waals surface area contributed by atoms with Crippen LogP contribution in [0.2, 0.25) is 5.02 Å². The second kappa shape index (κ2) is 9.17. The number of aromatic carboxylic acids is 1. The third-order valence-electron chi connectivity index (χ3n) is 5.51. The minimum Gasteiger partial charge on any atom is -0.491 e. The molecular weight excluding hydrogens is 433 g/mol. The zero-order chi connectivity index (χ0) is 22.8. The number of fused-ring (bicyclic) bond motifs is 1. The Labute approximate surface area is 182 Å². The Bertz CT molecular complexity index is 1010. The Hall–Kier alpha value is -2.75. The Morgan fingerprint density at radius 1 is 1.32 bits per heavy atom. The second-order valence-corrected chi connectivity index (χ2v) is 7.70. The van der Waals surface area contributed by atoms with Gasteiger partial charge in [0, 0.05) is 31.4 Å². The molecular formula is C21H21ClFNO7. The van der Waals surface area contributed by atoms with Crippen LogP contribution in [0.5, 0.6) is 5.75 Å². The minimum atomic E-state index is -1.47. The van der Waals surface area contributed by atoms with Gasteiger partial charge in [-0.3, -0.25) is 10.1 Å². The number of nitro groups is 1. The van der Waals surface area contributed by atoms with Gasteiger partial charge < -0.3 is 19.3 Å². The van der Waals surface area contributed by atoms with Gasteiger partial charge in [-0.25, -0.2) is 4.79 Å². The van der Waals surface area contributed by atoms with Crippen molar-refractivity contribution >= 4 is 23.3 Å². The molecule has 1 N–H and O–H groups in total. The van der Waals surface area contributed by atoms with E-state index in [0.717, 1.165) is 30.0 Å². The maximum Gasteiger partial charge on any atom is 0.339 e. The number of aryl methyl sites for hydroxylation is 1. The van der Waals surface area contributed by atoms with Crippen LogP contribution in [0.25, 0.3) is 0 Å². The lowest BCUT2D eigenvalue weighted by atomic mass is 9.69. The molecule has 0 saturated carbocycles. The largest absolute Gasteiger partial charge is 0.491 e. The van der Waals surface area contributed by atoms with Crippen LogP contribution in [0.15, 0.2) is 30.3 Å². The lowest BCUT2D eigenvalue weighted by molar-refractivity contribution is -0.387. The summed E-state index contributed by atoms with van der Waals surface area (Å²) in [6.45, 7) is -0.106. The zero-order valence-electron chi connectivity index (χ0n) is 16.9. The molecule has 31 heavy (non-hydrogen) atoms. The highest BCUT2D eigenvalue weighted by Crippen LogP contribution is 2.43. The predicted molar refractivity (Wildman–Crippen MR) is 109 cm³/mol. The Morgan fingerprint density at radius 2 is 2.03 bits per heavy atom. The molecule has 3 rings (SSSR count). The first-order valence-corrected chi connectivity index (χ1v) is 9.80. The molecule has 0 saturated heterocycles. The number of rotatable bonds is 8. The maximum atomic E-state index is 14.2. The van der Waals surface area contributed by atoms with Crippen LogP contribution in [0.3, 0.4) is 0 Å². The van der Waals surface area contributed by atoms with Gasteiger partial charge in [0.25, 0.3) is 0 Å². The van der Waals surface area contributed by atoms with Gasteiger partial charge in [-0.15, -0.1) is 0 Å². The predicted octanol–water partition coefficient (Wildman–Crippen LogP) is 4.36. The van der Waals surface area contributed by atoms with Crippen molar-refractivity contribution in [2.24, 2.45) is 0 Å². The summed E-state index contributed by atoms with van der Waals surface area (Å²) in [7, 11) is 2.96. The van der Waals surface area contributed by atoms with Crippen LogP contribution in [0.4, 0.5) is 10.1 Å². The molecule has 1 aliphatic carbocycles. The van der Waals surface area contributed by atoms with E-state index in [1.807, 2.05) is 12.1 Å². The maximum absolute atomic E-state index is 14.2. The lowest BCUT2D eigenvalue weighted by Crippen LogP contribution is -2.49. The van der Waals surface area contributed by atoms with E-state index in [0.29, 0.717) is 17.5 Å². The van der Waals surface area contributed by atoms with Gasteiger partial charge in [0.1, 0.15) is 17.9 Å². The van der Waals surface area contributed by atoms with Gasteiger partial charge in [-0.1, -0.05) is 17.7 Å². The third kappa shape index (κ3) is 4.34. The number of carboxylic acid groups (broad SMARTS) is 1. The van der Waals surface area contributed by atoms with Gasteiger partial charge in [0.2, 0.25) is 5.82 Å². The molecule has 0 fully saturated rings. The van der Waals surface area contributed by atoms with Crippen molar-refractivity contribution in [3.8, 4) is 5.75 Å². The van der Waals surface area contributed by atoms with Crippen LogP contribution in [0, 0.1) is 15.9 Å². The summed E-state index contributed by atoms with van der Waals surface area (Å²) in [5.41, 5.74) is -0.438. The van der Waals surface area contributed by atoms with Crippen molar-refractivity contribution in [3.63, 3.8) is 0 Å². The normalized spacial score (nSPS) is 18.0. The molecule has 10 heteroatoms. The Morgan fingerprint density at radius 3 is 2.65 bits per heavy atom. The van der Waals surface area contributed by atoms with E-state index in [9.17, 15) is 24.4 Å². The number of carbonyl (C=O) groups is 1. The van der Waals surface area contributed by atoms with Crippen molar-refractivity contribution in [2.75, 3.05) is 20.8 Å². The average molecular weight is 454 g/mol. The molecule has 0 amide bonds. The van der Waals surface area contributed by atoms with Crippen molar-refractivity contribution in [1.29, 1.82) is 0 Å². The molecule has 0 bridgehead atoms. The minimum absolute atomic E-state index is 0.106.